The summed E-state index contributed by atoms with van der Waals surface area (Å²) in [5.74, 6) is -1.80. The number of rotatable bonds is 2. The largest absolute Gasteiger partial charge is 0.396 e. The maximum atomic E-state index is 13.8. The van der Waals surface area contributed by atoms with E-state index in [0.717, 1.165) is 28.9 Å². The molecule has 1 aromatic heterocycles. The zero-order valence-corrected chi connectivity index (χ0v) is 10.5. The fourth-order valence-electron chi connectivity index (χ4n) is 1.86. The first-order chi connectivity index (χ1) is 10.1. The van der Waals surface area contributed by atoms with Gasteiger partial charge in [-0.2, -0.15) is 4.68 Å². The van der Waals surface area contributed by atoms with Crippen molar-refractivity contribution in [1.29, 1.82) is 0 Å². The van der Waals surface area contributed by atoms with Gasteiger partial charge in [-0.1, -0.05) is 0 Å². The third kappa shape index (κ3) is 2.31. The Morgan fingerprint density at radius 3 is 2.48 bits per heavy atom. The first-order valence-corrected chi connectivity index (χ1v) is 5.85. The molecule has 0 radical (unpaired) electrons. The lowest BCUT2D eigenvalue weighted by Crippen LogP contribution is -2.04. The van der Waals surface area contributed by atoms with Crippen molar-refractivity contribution in [3.8, 4) is 17.1 Å². The van der Waals surface area contributed by atoms with E-state index in [2.05, 4.69) is 15.5 Å². The van der Waals surface area contributed by atoms with E-state index in [1.165, 1.54) is 12.1 Å². The Bertz CT molecular complexity index is 815. The molecule has 0 aliphatic heterocycles. The van der Waals surface area contributed by atoms with Gasteiger partial charge in [0.15, 0.2) is 5.82 Å². The standard InChI is InChI=1S/C13H8F3N5/c14-8-2-4-10(16)12(6-8)21-13(18-19-20-21)7-1-3-9(15)11(17)5-7/h1-6H,17H2. The number of benzene rings is 2. The molecule has 0 atom stereocenters. The first kappa shape index (κ1) is 13.1. The fraction of sp³-hybridized carbons (Fsp3) is 0. The molecule has 2 N–H and O–H groups in total. The van der Waals surface area contributed by atoms with Crippen LogP contribution < -0.4 is 5.73 Å². The summed E-state index contributed by atoms with van der Waals surface area (Å²) in [6.45, 7) is 0. The van der Waals surface area contributed by atoms with Gasteiger partial charge in [0.1, 0.15) is 23.1 Å². The molecular weight excluding hydrogens is 283 g/mol. The number of nitrogens with two attached hydrogens (primary N) is 1. The van der Waals surface area contributed by atoms with Gasteiger partial charge in [-0.15, -0.1) is 5.10 Å². The molecule has 0 saturated heterocycles. The molecule has 1 heterocycles. The molecule has 3 aromatic rings. The van der Waals surface area contributed by atoms with Gasteiger partial charge in [-0.05, 0) is 40.8 Å². The number of nitrogen functional groups attached to an aromatic ring is 1. The highest BCUT2D eigenvalue weighted by molar-refractivity contribution is 5.63. The normalized spacial score (nSPS) is 10.8. The van der Waals surface area contributed by atoms with E-state index in [4.69, 9.17) is 5.73 Å². The minimum atomic E-state index is -0.694. The maximum absolute atomic E-state index is 13.8. The van der Waals surface area contributed by atoms with E-state index in [1.807, 2.05) is 0 Å². The molecule has 0 spiro atoms. The van der Waals surface area contributed by atoms with E-state index >= 15 is 0 Å². The molecule has 2 aromatic carbocycles. The molecule has 0 aliphatic rings. The van der Waals surface area contributed by atoms with Gasteiger partial charge in [0, 0.05) is 11.6 Å². The number of anilines is 1. The van der Waals surface area contributed by atoms with Crippen molar-refractivity contribution in [2.45, 2.75) is 0 Å². The maximum Gasteiger partial charge on any atom is 0.187 e. The van der Waals surface area contributed by atoms with Crippen LogP contribution in [0.1, 0.15) is 0 Å². The lowest BCUT2D eigenvalue weighted by Gasteiger charge is -2.07. The monoisotopic (exact) mass is 291 g/mol. The highest BCUT2D eigenvalue weighted by Gasteiger charge is 2.15. The molecular formula is C13H8F3N5. The second-order valence-corrected chi connectivity index (χ2v) is 4.25. The summed E-state index contributed by atoms with van der Waals surface area (Å²) in [5.41, 5.74) is 5.61. The molecule has 8 heteroatoms. The summed E-state index contributed by atoms with van der Waals surface area (Å²) in [7, 11) is 0. The number of aromatic nitrogens is 4. The van der Waals surface area contributed by atoms with Crippen molar-refractivity contribution in [3.63, 3.8) is 0 Å². The number of nitrogens with zero attached hydrogens (tertiary/aromatic N) is 4. The number of halogens is 3. The Kier molecular flexibility index (Phi) is 3.05. The molecule has 106 valence electrons. The van der Waals surface area contributed by atoms with Crippen LogP contribution in [0, 0.1) is 17.5 Å². The number of hydrogen-bond acceptors (Lipinski definition) is 4. The third-order valence-electron chi connectivity index (χ3n) is 2.86. The highest BCUT2D eigenvalue weighted by Crippen LogP contribution is 2.24. The van der Waals surface area contributed by atoms with Crippen LogP contribution in [0.25, 0.3) is 17.1 Å². The fourth-order valence-corrected chi connectivity index (χ4v) is 1.86. The van der Waals surface area contributed by atoms with Gasteiger partial charge >= 0.3 is 0 Å². The lowest BCUT2D eigenvalue weighted by atomic mass is 10.2. The van der Waals surface area contributed by atoms with E-state index in [1.54, 1.807) is 0 Å². The minimum Gasteiger partial charge on any atom is -0.396 e. The van der Waals surface area contributed by atoms with E-state index in [-0.39, 0.29) is 17.2 Å². The van der Waals surface area contributed by atoms with Gasteiger partial charge < -0.3 is 5.73 Å². The highest BCUT2D eigenvalue weighted by atomic mass is 19.1. The predicted molar refractivity (Wildman–Crippen MR) is 68.9 cm³/mol. The van der Waals surface area contributed by atoms with Crippen LogP contribution in [0.3, 0.4) is 0 Å². The molecule has 0 bridgehead atoms. The summed E-state index contributed by atoms with van der Waals surface area (Å²) >= 11 is 0. The van der Waals surface area contributed by atoms with Gasteiger partial charge in [-0.3, -0.25) is 0 Å². The topological polar surface area (TPSA) is 69.6 Å². The molecule has 0 saturated carbocycles. The van der Waals surface area contributed by atoms with E-state index in [9.17, 15) is 13.2 Å². The molecule has 0 unspecified atom stereocenters. The van der Waals surface area contributed by atoms with Crippen LogP contribution in [0.2, 0.25) is 0 Å². The third-order valence-corrected chi connectivity index (χ3v) is 2.86. The van der Waals surface area contributed by atoms with Crippen LogP contribution in [-0.4, -0.2) is 20.2 Å². The smallest absolute Gasteiger partial charge is 0.187 e. The van der Waals surface area contributed by atoms with Crippen LogP contribution in [0.5, 0.6) is 0 Å². The van der Waals surface area contributed by atoms with Crippen molar-refractivity contribution < 1.29 is 13.2 Å². The average molecular weight is 291 g/mol. The molecule has 0 fully saturated rings. The number of tetrazole rings is 1. The van der Waals surface area contributed by atoms with Gasteiger partial charge in [0.2, 0.25) is 0 Å². The molecule has 5 nitrogen and oxygen atoms in total. The van der Waals surface area contributed by atoms with Gasteiger partial charge in [0.05, 0.1) is 5.69 Å². The van der Waals surface area contributed by atoms with Crippen LogP contribution in [-0.2, 0) is 0 Å². The minimum absolute atomic E-state index is 0.0956. The average Bonchev–Trinajstić information content (AvgIpc) is 2.93. The van der Waals surface area contributed by atoms with E-state index in [0.29, 0.717) is 5.56 Å². The van der Waals surface area contributed by atoms with Crippen LogP contribution in [0.15, 0.2) is 36.4 Å². The van der Waals surface area contributed by atoms with Crippen LogP contribution in [0.4, 0.5) is 18.9 Å². The Balaban J connectivity index is 2.17. The Morgan fingerprint density at radius 2 is 1.71 bits per heavy atom. The van der Waals surface area contributed by atoms with Crippen molar-refractivity contribution >= 4 is 5.69 Å². The predicted octanol–water partition coefficient (Wildman–Crippen LogP) is 2.33. The van der Waals surface area contributed by atoms with Crippen molar-refractivity contribution in [2.24, 2.45) is 0 Å². The van der Waals surface area contributed by atoms with E-state index < -0.39 is 17.5 Å². The Labute approximate surface area is 116 Å². The first-order valence-electron chi connectivity index (χ1n) is 5.85. The van der Waals surface area contributed by atoms with Crippen LogP contribution >= 0.6 is 0 Å². The number of hydrogen-bond donors (Lipinski definition) is 1. The second-order valence-electron chi connectivity index (χ2n) is 4.25. The summed E-state index contributed by atoms with van der Waals surface area (Å²) in [6, 6.07) is 6.77. The molecule has 0 aliphatic carbocycles. The van der Waals surface area contributed by atoms with Gasteiger partial charge in [-0.25, -0.2) is 13.2 Å². The summed E-state index contributed by atoms with van der Waals surface area (Å²) in [4.78, 5) is 0. The lowest BCUT2D eigenvalue weighted by molar-refractivity contribution is 0.584. The Morgan fingerprint density at radius 1 is 0.952 bits per heavy atom. The Hall–Kier alpha value is -2.90. The van der Waals surface area contributed by atoms with Crippen molar-refractivity contribution in [2.75, 3.05) is 5.73 Å². The summed E-state index contributed by atoms with van der Waals surface area (Å²) < 4.78 is 41.3. The molecule has 0 amide bonds. The SMILES string of the molecule is Nc1cc(-c2nnnn2-c2cc(F)ccc2F)ccc1F. The zero-order chi connectivity index (χ0) is 15.0. The van der Waals surface area contributed by atoms with Crippen molar-refractivity contribution in [3.05, 3.63) is 53.8 Å². The molecule has 21 heavy (non-hydrogen) atoms. The van der Waals surface area contributed by atoms with Crippen molar-refractivity contribution in [1.82, 2.24) is 20.2 Å². The summed E-state index contributed by atoms with van der Waals surface area (Å²) in [6.07, 6.45) is 0. The zero-order valence-electron chi connectivity index (χ0n) is 10.5. The second kappa shape index (κ2) is 4.89. The summed E-state index contributed by atoms with van der Waals surface area (Å²) in [5, 5.41) is 10.8. The van der Waals surface area contributed by atoms with Gasteiger partial charge in [0.25, 0.3) is 0 Å². The molecule has 3 rings (SSSR count). The quantitative estimate of drug-likeness (QED) is 0.736.